The van der Waals surface area contributed by atoms with E-state index in [-0.39, 0.29) is 5.82 Å². The number of methoxy groups -OCH3 is 1. The molecule has 1 atom stereocenters. The first-order chi connectivity index (χ1) is 8.34. The molecule has 0 radical (unpaired) electrons. The van der Waals surface area contributed by atoms with E-state index < -0.39 is 15.7 Å². The van der Waals surface area contributed by atoms with E-state index in [4.69, 9.17) is 4.74 Å². The third kappa shape index (κ3) is 4.31. The number of benzene rings is 1. The molecule has 0 amide bonds. The minimum Gasteiger partial charge on any atom is -0.380 e. The summed E-state index contributed by atoms with van der Waals surface area (Å²) in [6, 6.07) is 4.65. The van der Waals surface area contributed by atoms with Crippen LogP contribution in [0.4, 0.5) is 4.39 Å². The molecule has 0 aliphatic rings. The quantitative estimate of drug-likeness (QED) is 0.790. The Balaban J connectivity index is 2.93. The molecular weight excluding hydrogens is 253 g/mol. The van der Waals surface area contributed by atoms with Gasteiger partial charge >= 0.3 is 0 Å². The van der Waals surface area contributed by atoms with Gasteiger partial charge in [-0.3, -0.25) is 0 Å². The van der Waals surface area contributed by atoms with Crippen LogP contribution in [0.3, 0.4) is 0 Å². The van der Waals surface area contributed by atoms with Gasteiger partial charge in [0.2, 0.25) is 0 Å². The first kappa shape index (κ1) is 15.0. The third-order valence-corrected chi connectivity index (χ3v) is 3.53. The number of nitrogens with zero attached hydrogens (tertiary/aromatic N) is 1. The normalized spacial score (nSPS) is 14.1. The second-order valence-corrected chi connectivity index (χ2v) is 6.82. The Morgan fingerprint density at radius 3 is 2.67 bits per heavy atom. The molecule has 3 nitrogen and oxygen atoms in total. The van der Waals surface area contributed by atoms with E-state index in [9.17, 15) is 8.60 Å². The van der Waals surface area contributed by atoms with Gasteiger partial charge < -0.3 is 4.74 Å². The highest BCUT2D eigenvalue weighted by atomic mass is 32.2. The fourth-order valence-electron chi connectivity index (χ4n) is 1.21. The number of hydrogen-bond acceptors (Lipinski definition) is 2. The Labute approximate surface area is 110 Å². The van der Waals surface area contributed by atoms with Gasteiger partial charge in [-0.05, 0) is 38.5 Å². The second-order valence-electron chi connectivity index (χ2n) is 4.88. The predicted molar refractivity (Wildman–Crippen MR) is 72.6 cm³/mol. The van der Waals surface area contributed by atoms with Crippen molar-refractivity contribution in [2.24, 2.45) is 4.40 Å². The molecule has 1 rings (SSSR count). The monoisotopic (exact) mass is 271 g/mol. The Bertz CT molecular complexity index is 467. The molecule has 100 valence electrons. The van der Waals surface area contributed by atoms with Crippen molar-refractivity contribution in [2.45, 2.75) is 32.1 Å². The van der Waals surface area contributed by atoms with Crippen molar-refractivity contribution in [1.29, 1.82) is 0 Å². The Morgan fingerprint density at radius 1 is 1.44 bits per heavy atom. The first-order valence-corrected chi connectivity index (χ1v) is 6.68. The van der Waals surface area contributed by atoms with Crippen LogP contribution in [0.15, 0.2) is 22.6 Å². The van der Waals surface area contributed by atoms with E-state index in [1.54, 1.807) is 19.2 Å². The number of halogens is 1. The van der Waals surface area contributed by atoms with Gasteiger partial charge in [-0.1, -0.05) is 6.07 Å². The minimum atomic E-state index is -1.38. The molecule has 0 unspecified atom stereocenters. The fourth-order valence-corrected chi connectivity index (χ4v) is 1.74. The van der Waals surface area contributed by atoms with Crippen molar-refractivity contribution < 1.29 is 13.3 Å². The lowest BCUT2D eigenvalue weighted by atomic mass is 10.1. The van der Waals surface area contributed by atoms with Crippen LogP contribution in [0, 0.1) is 5.82 Å². The average Bonchev–Trinajstić information content (AvgIpc) is 2.28. The van der Waals surface area contributed by atoms with E-state index in [0.717, 1.165) is 5.56 Å². The fraction of sp³-hybridized carbons (Fsp3) is 0.462. The zero-order valence-corrected chi connectivity index (χ0v) is 11.9. The summed E-state index contributed by atoms with van der Waals surface area (Å²) in [7, 11) is 0.190. The van der Waals surface area contributed by atoms with Crippen LogP contribution in [-0.2, 0) is 22.3 Å². The lowest BCUT2D eigenvalue weighted by Crippen LogP contribution is -2.19. The van der Waals surface area contributed by atoms with E-state index in [1.165, 1.54) is 12.3 Å². The summed E-state index contributed by atoms with van der Waals surface area (Å²) in [5.74, 6) is -0.385. The smallest absolute Gasteiger partial charge is 0.144 e. The van der Waals surface area contributed by atoms with Gasteiger partial charge in [0.05, 0.1) is 11.4 Å². The molecule has 5 heteroatoms. The van der Waals surface area contributed by atoms with Crippen molar-refractivity contribution in [3.05, 3.63) is 35.1 Å². The van der Waals surface area contributed by atoms with Crippen molar-refractivity contribution in [3.63, 3.8) is 0 Å². The van der Waals surface area contributed by atoms with Crippen LogP contribution in [0.25, 0.3) is 0 Å². The molecule has 1 aromatic rings. The van der Waals surface area contributed by atoms with Gasteiger partial charge in [-0.15, -0.1) is 0 Å². The summed E-state index contributed by atoms with van der Waals surface area (Å²) in [5.41, 5.74) is 1.17. The van der Waals surface area contributed by atoms with E-state index in [2.05, 4.69) is 4.40 Å². The third-order valence-electron chi connectivity index (χ3n) is 2.18. The van der Waals surface area contributed by atoms with Crippen LogP contribution < -0.4 is 0 Å². The summed E-state index contributed by atoms with van der Waals surface area (Å²) < 4.78 is 33.7. The highest BCUT2D eigenvalue weighted by molar-refractivity contribution is 7.85. The molecule has 1 aromatic carbocycles. The van der Waals surface area contributed by atoms with Crippen LogP contribution in [0.2, 0.25) is 0 Å². The lowest BCUT2D eigenvalue weighted by Gasteiger charge is -2.12. The molecule has 0 spiro atoms. The first-order valence-electron chi connectivity index (χ1n) is 5.58. The van der Waals surface area contributed by atoms with Gasteiger partial charge in [-0.2, -0.15) is 4.40 Å². The van der Waals surface area contributed by atoms with Crippen LogP contribution in [-0.4, -0.2) is 22.3 Å². The molecule has 0 saturated carbocycles. The summed E-state index contributed by atoms with van der Waals surface area (Å²) in [6.07, 6.45) is 1.32. The summed E-state index contributed by atoms with van der Waals surface area (Å²) in [4.78, 5) is 0. The zero-order valence-electron chi connectivity index (χ0n) is 11.1. The minimum absolute atomic E-state index is 0.321. The van der Waals surface area contributed by atoms with Crippen LogP contribution in [0.1, 0.15) is 31.9 Å². The Kier molecular flexibility index (Phi) is 5.16. The van der Waals surface area contributed by atoms with Crippen molar-refractivity contribution in [2.75, 3.05) is 7.11 Å². The summed E-state index contributed by atoms with van der Waals surface area (Å²) in [5, 5.41) is 0. The van der Waals surface area contributed by atoms with Gasteiger partial charge in [0.15, 0.2) is 0 Å². The molecule has 0 N–H and O–H groups in total. The largest absolute Gasteiger partial charge is 0.380 e. The van der Waals surface area contributed by atoms with Crippen molar-refractivity contribution >= 4 is 17.2 Å². The predicted octanol–water partition coefficient (Wildman–Crippen LogP) is 2.85. The summed E-state index contributed by atoms with van der Waals surface area (Å²) in [6.45, 7) is 5.86. The van der Waals surface area contributed by atoms with E-state index in [0.29, 0.717) is 12.2 Å². The molecule has 0 aromatic heterocycles. The topological polar surface area (TPSA) is 38.7 Å². The number of rotatable bonds is 4. The summed E-state index contributed by atoms with van der Waals surface area (Å²) >= 11 is 0. The molecule has 18 heavy (non-hydrogen) atoms. The van der Waals surface area contributed by atoms with Gasteiger partial charge in [0.1, 0.15) is 16.8 Å². The van der Waals surface area contributed by atoms with E-state index >= 15 is 0 Å². The number of ether oxygens (including phenoxy) is 1. The SMILES string of the molecule is COCc1ccc(F)c(C=N[S@](=O)C(C)(C)C)c1. The Morgan fingerprint density at radius 2 is 2.11 bits per heavy atom. The molecule has 0 aliphatic carbocycles. The molecule has 0 fully saturated rings. The van der Waals surface area contributed by atoms with Crippen molar-refractivity contribution in [1.82, 2.24) is 0 Å². The maximum absolute atomic E-state index is 13.5. The molecular formula is C13H18FNO2S. The van der Waals surface area contributed by atoms with Crippen molar-refractivity contribution in [3.8, 4) is 0 Å². The maximum atomic E-state index is 13.5. The standard InChI is InChI=1S/C13H18FNO2S/c1-13(2,3)18(16)15-8-11-7-10(9-17-4)5-6-12(11)14/h5-8H,9H2,1-4H3/t18-/m1/s1. The lowest BCUT2D eigenvalue weighted by molar-refractivity contribution is 0.185. The van der Waals surface area contributed by atoms with Gasteiger partial charge in [0, 0.05) is 18.9 Å². The molecule has 0 aliphatic heterocycles. The highest BCUT2D eigenvalue weighted by Gasteiger charge is 2.18. The zero-order chi connectivity index (χ0) is 13.8. The second kappa shape index (κ2) is 6.20. The van der Waals surface area contributed by atoms with Gasteiger partial charge in [-0.25, -0.2) is 8.60 Å². The van der Waals surface area contributed by atoms with Crippen LogP contribution >= 0.6 is 0 Å². The Hall–Kier alpha value is -1.07. The van der Waals surface area contributed by atoms with Crippen LogP contribution in [0.5, 0.6) is 0 Å². The van der Waals surface area contributed by atoms with E-state index in [1.807, 2.05) is 20.8 Å². The molecule has 0 saturated heterocycles. The van der Waals surface area contributed by atoms with Gasteiger partial charge in [0.25, 0.3) is 0 Å². The molecule has 0 heterocycles. The molecule has 0 bridgehead atoms. The number of hydrogen-bond donors (Lipinski definition) is 0. The average molecular weight is 271 g/mol. The highest BCUT2D eigenvalue weighted by Crippen LogP contribution is 2.14. The maximum Gasteiger partial charge on any atom is 0.144 e.